The molecule has 3 aromatic carbocycles. The largest absolute Gasteiger partial charge is 0.573 e. The summed E-state index contributed by atoms with van der Waals surface area (Å²) in [6.07, 6.45) is -3.21. The minimum Gasteiger partial charge on any atom is -0.497 e. The van der Waals surface area contributed by atoms with Crippen LogP contribution in [0.2, 0.25) is 5.02 Å². The normalized spacial score (nSPS) is 16.2. The molecule has 0 aromatic heterocycles. The lowest BCUT2D eigenvalue weighted by Gasteiger charge is -2.28. The highest BCUT2D eigenvalue weighted by Crippen LogP contribution is 2.57. The van der Waals surface area contributed by atoms with E-state index in [9.17, 15) is 22.8 Å². The predicted molar refractivity (Wildman–Crippen MR) is 160 cm³/mol. The first-order chi connectivity index (χ1) is 21.3. The predicted octanol–water partition coefficient (Wildman–Crippen LogP) is 6.31. The van der Waals surface area contributed by atoms with Crippen molar-refractivity contribution in [2.45, 2.75) is 43.7 Å². The number of hydrogen-bond acceptors (Lipinski definition) is 8. The van der Waals surface area contributed by atoms with Gasteiger partial charge in [0.25, 0.3) is 5.91 Å². The number of hydrogen-bond donors (Lipinski definition) is 2. The molecule has 5 rings (SSSR count). The number of rotatable bonds is 11. The highest BCUT2D eigenvalue weighted by Gasteiger charge is 2.54. The second kappa shape index (κ2) is 12.4. The van der Waals surface area contributed by atoms with E-state index in [1.165, 1.54) is 44.4 Å². The fourth-order valence-electron chi connectivity index (χ4n) is 5.27. The molecule has 2 aliphatic rings. The van der Waals surface area contributed by atoms with Crippen molar-refractivity contribution in [3.8, 4) is 17.2 Å². The maximum Gasteiger partial charge on any atom is 0.573 e. The van der Waals surface area contributed by atoms with E-state index in [-0.39, 0.29) is 12.0 Å². The van der Waals surface area contributed by atoms with E-state index < -0.39 is 36.1 Å². The summed E-state index contributed by atoms with van der Waals surface area (Å²) in [5.74, 6) is -1.38. The molecule has 10 nitrogen and oxygen atoms in total. The van der Waals surface area contributed by atoms with Crippen LogP contribution < -0.4 is 24.4 Å². The molecular weight excluding hydrogens is 619 g/mol. The number of nitrogens with zero attached hydrogens (tertiary/aromatic N) is 2. The Hall–Kier alpha value is -4.65. The summed E-state index contributed by atoms with van der Waals surface area (Å²) in [6.45, 7) is 1.61. The van der Waals surface area contributed by atoms with E-state index in [2.05, 4.69) is 15.2 Å². The van der Waals surface area contributed by atoms with Gasteiger partial charge in [0, 0.05) is 45.9 Å². The molecule has 238 valence electrons. The summed E-state index contributed by atoms with van der Waals surface area (Å²) < 4.78 is 54.4. The van der Waals surface area contributed by atoms with Crippen molar-refractivity contribution in [3.05, 3.63) is 76.3 Å². The van der Waals surface area contributed by atoms with Gasteiger partial charge >= 0.3 is 12.3 Å². The van der Waals surface area contributed by atoms with Crippen LogP contribution in [-0.4, -0.2) is 56.4 Å². The number of carbonyl (C=O) groups is 2. The van der Waals surface area contributed by atoms with E-state index in [0.29, 0.717) is 39.0 Å². The second-order valence-electron chi connectivity index (χ2n) is 10.7. The number of fused-ring (bicyclic) bond motifs is 2. The number of halogens is 4. The third kappa shape index (κ3) is 7.03. The molecule has 1 aliphatic heterocycles. The third-order valence-electron chi connectivity index (χ3n) is 7.64. The summed E-state index contributed by atoms with van der Waals surface area (Å²) in [5.41, 5.74) is 2.06. The smallest absolute Gasteiger partial charge is 0.497 e. The number of alkyl halides is 3. The van der Waals surface area contributed by atoms with Crippen LogP contribution in [0, 0.1) is 0 Å². The average Bonchev–Trinajstić information content (AvgIpc) is 3.70. The van der Waals surface area contributed by atoms with E-state index in [0.717, 1.165) is 18.4 Å². The Bertz CT molecular complexity index is 1650. The van der Waals surface area contributed by atoms with E-state index in [1.807, 2.05) is 0 Å². The fourth-order valence-corrected chi connectivity index (χ4v) is 5.43. The first kappa shape index (κ1) is 31.8. The van der Waals surface area contributed by atoms with Crippen LogP contribution in [-0.2, 0) is 19.8 Å². The van der Waals surface area contributed by atoms with Crippen molar-refractivity contribution >= 4 is 41.1 Å². The van der Waals surface area contributed by atoms with Crippen LogP contribution in [0.25, 0.3) is 0 Å². The molecule has 14 heteroatoms. The lowest BCUT2D eigenvalue weighted by molar-refractivity contribution is -0.274. The van der Waals surface area contributed by atoms with Crippen molar-refractivity contribution in [3.63, 3.8) is 0 Å². The molecule has 45 heavy (non-hydrogen) atoms. The molecule has 2 unspecified atom stereocenters. The number of carboxylic acid groups (broad SMARTS) is 1. The van der Waals surface area contributed by atoms with Crippen molar-refractivity contribution in [2.75, 3.05) is 31.0 Å². The van der Waals surface area contributed by atoms with Gasteiger partial charge in [0.2, 0.25) is 6.10 Å². The number of carboxylic acids is 1. The van der Waals surface area contributed by atoms with E-state index >= 15 is 0 Å². The van der Waals surface area contributed by atoms with Crippen molar-refractivity contribution < 1.29 is 46.9 Å². The molecule has 1 amide bonds. The number of ether oxygens (including phenoxy) is 3. The number of aliphatic carboxylic acids is 1. The fraction of sp³-hybridized carbons (Fsp3) is 0.323. The number of carbonyl (C=O) groups excluding carboxylic acids is 1. The first-order valence-corrected chi connectivity index (χ1v) is 14.1. The lowest BCUT2D eigenvalue weighted by Crippen LogP contribution is -2.38. The SMILES string of the molecule is COc1cc(C=NOC(C)C(=O)O)cc(NC(C(=O)N2CC3(CC3)c3ccc(OC(F)(F)F)cc32)c2ccc(Cl)cc2OC)c1. The lowest BCUT2D eigenvalue weighted by atomic mass is 9.99. The van der Waals surface area contributed by atoms with Crippen LogP contribution in [0.1, 0.15) is 42.5 Å². The van der Waals surface area contributed by atoms with Crippen LogP contribution in [0.4, 0.5) is 24.5 Å². The third-order valence-corrected chi connectivity index (χ3v) is 7.88. The van der Waals surface area contributed by atoms with Crippen LogP contribution in [0.3, 0.4) is 0 Å². The number of anilines is 2. The zero-order valence-electron chi connectivity index (χ0n) is 24.4. The second-order valence-corrected chi connectivity index (χ2v) is 11.1. The standard InChI is InChI=1S/C31H29ClF3N3O7/c1-17(29(40)41)45-36-15-18-10-20(13-22(11-18)42-2)37-27(23-6-4-19(32)12-26(23)43-3)28(39)38-16-30(8-9-30)24-7-5-21(14-25(24)38)44-31(33,34)35/h4-7,10-15,17,27,37H,8-9,16H2,1-3H3,(H,40,41). The van der Waals surface area contributed by atoms with Gasteiger partial charge in [-0.05, 0) is 55.7 Å². The highest BCUT2D eigenvalue weighted by atomic mass is 35.5. The van der Waals surface area contributed by atoms with Gasteiger partial charge < -0.3 is 34.4 Å². The first-order valence-electron chi connectivity index (χ1n) is 13.8. The Balaban J connectivity index is 1.54. The number of benzene rings is 3. The van der Waals surface area contributed by atoms with Crippen LogP contribution in [0.5, 0.6) is 17.2 Å². The molecule has 1 spiro atoms. The molecule has 1 aliphatic carbocycles. The van der Waals surface area contributed by atoms with Crippen molar-refractivity contribution in [1.29, 1.82) is 0 Å². The minimum absolute atomic E-state index is 0.278. The average molecular weight is 648 g/mol. The number of amides is 1. The maximum absolute atomic E-state index is 14.5. The van der Waals surface area contributed by atoms with Gasteiger partial charge in [-0.25, -0.2) is 4.79 Å². The molecule has 1 saturated carbocycles. The van der Waals surface area contributed by atoms with Gasteiger partial charge in [-0.2, -0.15) is 0 Å². The monoisotopic (exact) mass is 647 g/mol. The van der Waals surface area contributed by atoms with Crippen LogP contribution >= 0.6 is 11.6 Å². The molecule has 2 N–H and O–H groups in total. The van der Waals surface area contributed by atoms with Gasteiger partial charge in [0.1, 0.15) is 23.3 Å². The molecular formula is C31H29ClF3N3O7. The molecule has 0 saturated heterocycles. The van der Waals surface area contributed by atoms with Crippen molar-refractivity contribution in [1.82, 2.24) is 0 Å². The van der Waals surface area contributed by atoms with E-state index in [4.69, 9.17) is 31.0 Å². The summed E-state index contributed by atoms with van der Waals surface area (Å²) in [5, 5.41) is 16.4. The van der Waals surface area contributed by atoms with Gasteiger partial charge in [-0.15, -0.1) is 13.2 Å². The number of nitrogens with one attached hydrogen (secondary N) is 1. The molecule has 1 fully saturated rings. The molecule has 0 radical (unpaired) electrons. The maximum atomic E-state index is 14.5. The van der Waals surface area contributed by atoms with Gasteiger partial charge in [-0.3, -0.25) is 4.79 Å². The van der Waals surface area contributed by atoms with Crippen LogP contribution in [0.15, 0.2) is 59.8 Å². The Morgan fingerprint density at radius 2 is 1.82 bits per heavy atom. The van der Waals surface area contributed by atoms with Gasteiger partial charge in [-0.1, -0.05) is 28.9 Å². The Labute approximate surface area is 261 Å². The molecule has 0 bridgehead atoms. The summed E-state index contributed by atoms with van der Waals surface area (Å²) >= 11 is 6.22. The Morgan fingerprint density at radius 3 is 2.47 bits per heavy atom. The Morgan fingerprint density at radius 1 is 1.07 bits per heavy atom. The molecule has 1 heterocycles. The summed E-state index contributed by atoms with van der Waals surface area (Å²) in [7, 11) is 2.88. The van der Waals surface area contributed by atoms with Crippen molar-refractivity contribution in [2.24, 2.45) is 5.16 Å². The Kier molecular flexibility index (Phi) is 8.74. The number of oxime groups is 1. The van der Waals surface area contributed by atoms with Gasteiger partial charge in [0.15, 0.2) is 0 Å². The quantitative estimate of drug-likeness (QED) is 0.184. The summed E-state index contributed by atoms with van der Waals surface area (Å²) in [4.78, 5) is 32.0. The zero-order chi connectivity index (χ0) is 32.5. The molecule has 3 aromatic rings. The molecule has 2 atom stereocenters. The number of methoxy groups -OCH3 is 2. The minimum atomic E-state index is -4.90. The highest BCUT2D eigenvalue weighted by molar-refractivity contribution is 6.30. The zero-order valence-corrected chi connectivity index (χ0v) is 25.1. The van der Waals surface area contributed by atoms with Gasteiger partial charge in [0.05, 0.1) is 26.1 Å². The topological polar surface area (TPSA) is 119 Å². The summed E-state index contributed by atoms with van der Waals surface area (Å²) in [6, 6.07) is 12.7. The van der Waals surface area contributed by atoms with E-state index in [1.54, 1.807) is 42.5 Å².